The van der Waals surface area contributed by atoms with Gasteiger partial charge < -0.3 is 0 Å². The first-order chi connectivity index (χ1) is 29.5. The van der Waals surface area contributed by atoms with Gasteiger partial charge in [0.05, 0.1) is 0 Å². The van der Waals surface area contributed by atoms with Gasteiger partial charge in [-0.1, -0.05) is 181 Å². The van der Waals surface area contributed by atoms with Crippen molar-refractivity contribution in [1.82, 2.24) is 0 Å². The number of rotatable bonds is 4. The Morgan fingerprint density at radius 3 is 0.820 bits per heavy atom. The van der Waals surface area contributed by atoms with Crippen LogP contribution < -0.4 is 0 Å². The third-order valence-corrected chi connectivity index (χ3v) is 14.9. The number of fused-ring (bicyclic) bond motifs is 10. The van der Waals surface area contributed by atoms with Crippen molar-refractivity contribution in [2.24, 2.45) is 0 Å². The van der Waals surface area contributed by atoms with E-state index in [1.165, 1.54) is 122 Å². The van der Waals surface area contributed by atoms with Gasteiger partial charge >= 0.3 is 0 Å². The Balaban J connectivity index is 0.854. The number of hydrogen-bond acceptors (Lipinski definition) is 0. The van der Waals surface area contributed by atoms with Crippen LogP contribution in [-0.2, 0) is 16.2 Å². The largest absolute Gasteiger partial charge is 0.0622 e. The van der Waals surface area contributed by atoms with Crippen molar-refractivity contribution in [3.8, 4) is 77.9 Å². The van der Waals surface area contributed by atoms with Crippen LogP contribution in [0.3, 0.4) is 0 Å². The van der Waals surface area contributed by atoms with Crippen LogP contribution in [-0.4, -0.2) is 0 Å². The molecule has 0 nitrogen and oxygen atoms in total. The molecule has 0 aliphatic heterocycles. The molecule has 0 saturated carbocycles. The molecule has 0 N–H and O–H groups in total. The average Bonchev–Trinajstić information content (AvgIpc) is 3.77. The van der Waals surface area contributed by atoms with Crippen molar-refractivity contribution >= 4 is 10.8 Å². The first-order valence-corrected chi connectivity index (χ1v) is 21.9. The van der Waals surface area contributed by atoms with E-state index < -0.39 is 0 Å². The van der Waals surface area contributed by atoms with Gasteiger partial charge in [-0.25, -0.2) is 0 Å². The van der Waals surface area contributed by atoms with Crippen molar-refractivity contribution in [1.29, 1.82) is 0 Å². The minimum Gasteiger partial charge on any atom is -0.0622 e. The van der Waals surface area contributed by atoms with Crippen LogP contribution in [0.4, 0.5) is 0 Å². The van der Waals surface area contributed by atoms with Crippen LogP contribution in [0.1, 0.15) is 74.9 Å². The Kier molecular flexibility index (Phi) is 7.48. The van der Waals surface area contributed by atoms with E-state index in [2.05, 4.69) is 224 Å². The highest BCUT2D eigenvalue weighted by atomic mass is 14.4. The van der Waals surface area contributed by atoms with Crippen molar-refractivity contribution in [2.45, 2.75) is 57.8 Å². The normalized spacial score (nSPS) is 15.4. The zero-order valence-corrected chi connectivity index (χ0v) is 35.8. The lowest BCUT2D eigenvalue weighted by Gasteiger charge is -2.24. The van der Waals surface area contributed by atoms with Crippen LogP contribution in [0.2, 0.25) is 0 Å². The first kappa shape index (κ1) is 36.1. The van der Waals surface area contributed by atoms with Gasteiger partial charge in [-0.3, -0.25) is 0 Å². The standard InChI is InChI=1S/C61H48/c1-59(2)53-31-41(37-12-8-7-9-13-37)18-24-47(53)49-26-20-43(33-55(49)59)45-22-28-51-52-29-23-46(36-58(52)61(5,6)57(51)35-45)44-21-27-50-48-25-19-42(32-54(48)60(3,4)56(50)34-44)40-17-16-38-14-10-11-15-39(38)30-40/h7-36H,1-6H3. The predicted octanol–water partition coefficient (Wildman–Crippen LogP) is 16.4. The zero-order chi connectivity index (χ0) is 41.4. The van der Waals surface area contributed by atoms with Crippen molar-refractivity contribution in [3.63, 3.8) is 0 Å². The minimum atomic E-state index is -0.137. The van der Waals surface area contributed by atoms with Crippen LogP contribution in [0.15, 0.2) is 182 Å². The Labute approximate surface area is 360 Å². The fourth-order valence-electron chi connectivity index (χ4n) is 11.3. The molecule has 0 fully saturated rings. The van der Waals surface area contributed by atoms with Crippen LogP contribution >= 0.6 is 0 Å². The van der Waals surface area contributed by atoms with Crippen LogP contribution in [0, 0.1) is 0 Å². The molecule has 0 saturated heterocycles. The minimum absolute atomic E-state index is 0.0928. The third-order valence-electron chi connectivity index (χ3n) is 14.9. The monoisotopic (exact) mass is 780 g/mol. The van der Waals surface area contributed by atoms with Gasteiger partial charge in [-0.05, 0) is 165 Å². The maximum Gasteiger partial charge on any atom is 0.0159 e. The molecule has 0 heteroatoms. The average molecular weight is 781 g/mol. The van der Waals surface area contributed by atoms with Gasteiger partial charge in [0.2, 0.25) is 0 Å². The second-order valence-corrected chi connectivity index (χ2v) is 19.4. The van der Waals surface area contributed by atoms with E-state index in [0.29, 0.717) is 0 Å². The molecule has 61 heavy (non-hydrogen) atoms. The van der Waals surface area contributed by atoms with E-state index in [-0.39, 0.29) is 16.2 Å². The topological polar surface area (TPSA) is 0 Å². The van der Waals surface area contributed by atoms with E-state index >= 15 is 0 Å². The first-order valence-electron chi connectivity index (χ1n) is 21.9. The molecular formula is C61H48. The van der Waals surface area contributed by atoms with Gasteiger partial charge in [0.25, 0.3) is 0 Å². The van der Waals surface area contributed by atoms with Gasteiger partial charge in [0, 0.05) is 16.2 Å². The van der Waals surface area contributed by atoms with Crippen molar-refractivity contribution in [2.75, 3.05) is 0 Å². The quantitative estimate of drug-likeness (QED) is 0.167. The summed E-state index contributed by atoms with van der Waals surface area (Å²) >= 11 is 0. The summed E-state index contributed by atoms with van der Waals surface area (Å²) in [6, 6.07) is 69.1. The lowest BCUT2D eigenvalue weighted by atomic mass is 9.79. The summed E-state index contributed by atoms with van der Waals surface area (Å²) in [5.41, 5.74) is 26.4. The van der Waals surface area contributed by atoms with Gasteiger partial charge in [0.15, 0.2) is 0 Å². The molecule has 0 unspecified atom stereocenters. The summed E-state index contributed by atoms with van der Waals surface area (Å²) in [5.74, 6) is 0. The fourth-order valence-corrected chi connectivity index (χ4v) is 11.3. The molecule has 0 aromatic heterocycles. The molecule has 3 aliphatic carbocycles. The molecular weight excluding hydrogens is 733 g/mol. The third kappa shape index (κ3) is 5.25. The van der Waals surface area contributed by atoms with Gasteiger partial charge in [-0.15, -0.1) is 0 Å². The summed E-state index contributed by atoms with van der Waals surface area (Å²) < 4.78 is 0. The second-order valence-electron chi connectivity index (χ2n) is 19.4. The van der Waals surface area contributed by atoms with Crippen molar-refractivity contribution < 1.29 is 0 Å². The molecule has 9 aromatic rings. The summed E-state index contributed by atoms with van der Waals surface area (Å²) in [5, 5.41) is 2.56. The Morgan fingerprint density at radius 2 is 0.475 bits per heavy atom. The lowest BCUT2D eigenvalue weighted by molar-refractivity contribution is 0.659. The predicted molar refractivity (Wildman–Crippen MR) is 258 cm³/mol. The van der Waals surface area contributed by atoms with E-state index in [1.54, 1.807) is 0 Å². The second kappa shape index (κ2) is 12.6. The Hall–Kier alpha value is -6.76. The lowest BCUT2D eigenvalue weighted by Crippen LogP contribution is -2.16. The maximum atomic E-state index is 2.47. The summed E-state index contributed by atoms with van der Waals surface area (Å²) in [7, 11) is 0. The van der Waals surface area contributed by atoms with Gasteiger partial charge in [-0.2, -0.15) is 0 Å². The summed E-state index contributed by atoms with van der Waals surface area (Å²) in [4.78, 5) is 0. The molecule has 0 amide bonds. The molecule has 0 spiro atoms. The van der Waals surface area contributed by atoms with Crippen LogP contribution in [0.5, 0.6) is 0 Å². The zero-order valence-electron chi connectivity index (χ0n) is 35.8. The van der Waals surface area contributed by atoms with Crippen LogP contribution in [0.25, 0.3) is 88.7 Å². The molecule has 0 bridgehead atoms. The van der Waals surface area contributed by atoms with E-state index in [0.717, 1.165) is 0 Å². The Morgan fingerprint density at radius 1 is 0.213 bits per heavy atom. The molecule has 9 aromatic carbocycles. The smallest absolute Gasteiger partial charge is 0.0159 e. The van der Waals surface area contributed by atoms with Gasteiger partial charge in [0.1, 0.15) is 0 Å². The van der Waals surface area contributed by atoms with E-state index in [1.807, 2.05) is 0 Å². The SMILES string of the molecule is CC1(C)c2cc(-c3ccccc3)ccc2-c2ccc(-c3ccc4c(c3)C(C)(C)c3cc(-c5ccc6c(c5)C(C)(C)c5cc(-c7ccc8ccccc8c7)ccc5-6)ccc3-4)cc21. The number of benzene rings is 9. The fraction of sp³-hybridized carbons (Fsp3) is 0.148. The van der Waals surface area contributed by atoms with Crippen molar-refractivity contribution in [3.05, 3.63) is 215 Å². The molecule has 0 radical (unpaired) electrons. The molecule has 12 rings (SSSR count). The molecule has 0 atom stereocenters. The van der Waals surface area contributed by atoms with E-state index in [4.69, 9.17) is 0 Å². The molecule has 3 aliphatic rings. The summed E-state index contributed by atoms with van der Waals surface area (Å²) in [6.07, 6.45) is 0. The number of hydrogen-bond donors (Lipinski definition) is 0. The Bertz CT molecular complexity index is 3310. The highest BCUT2D eigenvalue weighted by molar-refractivity contribution is 5.92. The summed E-state index contributed by atoms with van der Waals surface area (Å²) in [6.45, 7) is 14.4. The highest BCUT2D eigenvalue weighted by Crippen LogP contribution is 2.55. The highest BCUT2D eigenvalue weighted by Gasteiger charge is 2.39. The molecule has 0 heterocycles. The van der Waals surface area contributed by atoms with E-state index in [9.17, 15) is 0 Å². The molecule has 292 valence electrons. The maximum absolute atomic E-state index is 2.47.